The maximum atomic E-state index is 9.78. The highest BCUT2D eigenvalue weighted by atomic mass is 16.3. The molecular formula is C16H18N2O. The van der Waals surface area contributed by atoms with E-state index in [4.69, 9.17) is 0 Å². The summed E-state index contributed by atoms with van der Waals surface area (Å²) in [4.78, 5) is 4.37. The van der Waals surface area contributed by atoms with E-state index in [1.165, 1.54) is 11.1 Å². The fraction of sp³-hybridized carbons (Fsp3) is 0.312. The summed E-state index contributed by atoms with van der Waals surface area (Å²) in [5.74, 6) is 0.272. The van der Waals surface area contributed by atoms with Crippen LogP contribution in [0.5, 0.6) is 5.75 Å². The first-order valence-corrected chi connectivity index (χ1v) is 6.68. The minimum absolute atomic E-state index is 0.272. The van der Waals surface area contributed by atoms with Gasteiger partial charge < -0.3 is 10.4 Å². The number of aryl methyl sites for hydroxylation is 1. The van der Waals surface area contributed by atoms with Crippen LogP contribution in [0.2, 0.25) is 0 Å². The second-order valence-electron chi connectivity index (χ2n) is 5.17. The standard InChI is InChI=1S/C16H18N2O/c1-11-6-7-16(19)15(18-11)10-17-14-8-12-4-2-3-5-13(12)9-14/h2-7,14,17,19H,8-10H2,1H3. The Morgan fingerprint density at radius 3 is 2.53 bits per heavy atom. The first-order valence-electron chi connectivity index (χ1n) is 6.68. The van der Waals surface area contributed by atoms with Gasteiger partial charge in [0.1, 0.15) is 5.75 Å². The van der Waals surface area contributed by atoms with Gasteiger partial charge in [0.2, 0.25) is 0 Å². The van der Waals surface area contributed by atoms with E-state index in [9.17, 15) is 5.11 Å². The summed E-state index contributed by atoms with van der Waals surface area (Å²) in [7, 11) is 0. The Morgan fingerprint density at radius 1 is 1.16 bits per heavy atom. The molecule has 0 saturated carbocycles. The molecule has 2 aromatic rings. The predicted molar refractivity (Wildman–Crippen MR) is 75.1 cm³/mol. The zero-order valence-corrected chi connectivity index (χ0v) is 11.1. The lowest BCUT2D eigenvalue weighted by molar-refractivity contribution is 0.450. The lowest BCUT2D eigenvalue weighted by Gasteiger charge is -2.12. The monoisotopic (exact) mass is 254 g/mol. The third-order valence-corrected chi connectivity index (χ3v) is 3.70. The molecular weight excluding hydrogens is 236 g/mol. The molecule has 98 valence electrons. The van der Waals surface area contributed by atoms with Gasteiger partial charge in [0.15, 0.2) is 0 Å². The zero-order chi connectivity index (χ0) is 13.2. The van der Waals surface area contributed by atoms with Crippen molar-refractivity contribution in [3.63, 3.8) is 0 Å². The van der Waals surface area contributed by atoms with E-state index >= 15 is 0 Å². The molecule has 3 rings (SSSR count). The number of nitrogens with one attached hydrogen (secondary N) is 1. The minimum Gasteiger partial charge on any atom is -0.506 e. The number of pyridine rings is 1. The van der Waals surface area contributed by atoms with Crippen LogP contribution in [-0.4, -0.2) is 16.1 Å². The molecule has 0 saturated heterocycles. The van der Waals surface area contributed by atoms with Crippen LogP contribution in [0.25, 0.3) is 0 Å². The molecule has 0 radical (unpaired) electrons. The molecule has 0 bridgehead atoms. The van der Waals surface area contributed by atoms with Gasteiger partial charge in [-0.1, -0.05) is 24.3 Å². The normalized spacial score (nSPS) is 14.6. The molecule has 19 heavy (non-hydrogen) atoms. The highest BCUT2D eigenvalue weighted by Gasteiger charge is 2.20. The molecule has 0 amide bonds. The van der Waals surface area contributed by atoms with Crippen LogP contribution in [-0.2, 0) is 19.4 Å². The fourth-order valence-electron chi connectivity index (χ4n) is 2.68. The van der Waals surface area contributed by atoms with Gasteiger partial charge in [-0.05, 0) is 43.0 Å². The number of hydrogen-bond acceptors (Lipinski definition) is 3. The Labute approximate surface area is 113 Å². The molecule has 1 aromatic carbocycles. The van der Waals surface area contributed by atoms with Crippen molar-refractivity contribution in [2.24, 2.45) is 0 Å². The third kappa shape index (κ3) is 2.61. The molecule has 1 aliphatic rings. The van der Waals surface area contributed by atoms with Gasteiger partial charge in [-0.3, -0.25) is 4.98 Å². The largest absolute Gasteiger partial charge is 0.506 e. The average molecular weight is 254 g/mol. The molecule has 1 heterocycles. The molecule has 0 fully saturated rings. The first kappa shape index (κ1) is 12.2. The Kier molecular flexibility index (Phi) is 3.22. The van der Waals surface area contributed by atoms with E-state index in [0.29, 0.717) is 12.6 Å². The summed E-state index contributed by atoms with van der Waals surface area (Å²) < 4.78 is 0. The Balaban J connectivity index is 1.64. The molecule has 1 aromatic heterocycles. The maximum absolute atomic E-state index is 9.78. The van der Waals surface area contributed by atoms with Gasteiger partial charge in [0.25, 0.3) is 0 Å². The van der Waals surface area contributed by atoms with Crippen LogP contribution < -0.4 is 5.32 Å². The van der Waals surface area contributed by atoms with E-state index in [0.717, 1.165) is 24.2 Å². The van der Waals surface area contributed by atoms with Crippen LogP contribution in [0.15, 0.2) is 36.4 Å². The molecule has 2 N–H and O–H groups in total. The summed E-state index contributed by atoms with van der Waals surface area (Å²) >= 11 is 0. The van der Waals surface area contributed by atoms with Crippen molar-refractivity contribution < 1.29 is 5.11 Å². The van der Waals surface area contributed by atoms with Crippen molar-refractivity contribution in [1.82, 2.24) is 10.3 Å². The van der Waals surface area contributed by atoms with E-state index < -0.39 is 0 Å². The van der Waals surface area contributed by atoms with Crippen molar-refractivity contribution in [3.05, 3.63) is 58.9 Å². The Bertz CT molecular complexity index is 570. The molecule has 0 atom stereocenters. The molecule has 0 unspecified atom stereocenters. The van der Waals surface area contributed by atoms with E-state index in [1.54, 1.807) is 6.07 Å². The lowest BCUT2D eigenvalue weighted by Crippen LogP contribution is -2.29. The van der Waals surface area contributed by atoms with Gasteiger partial charge in [0, 0.05) is 18.3 Å². The van der Waals surface area contributed by atoms with Gasteiger partial charge in [-0.25, -0.2) is 0 Å². The van der Waals surface area contributed by atoms with Crippen LogP contribution in [0, 0.1) is 6.92 Å². The molecule has 0 aliphatic heterocycles. The highest BCUT2D eigenvalue weighted by molar-refractivity contribution is 5.33. The summed E-state index contributed by atoms with van der Waals surface area (Å²) in [6.07, 6.45) is 2.12. The van der Waals surface area contributed by atoms with Crippen molar-refractivity contribution in [2.45, 2.75) is 32.4 Å². The second-order valence-corrected chi connectivity index (χ2v) is 5.17. The quantitative estimate of drug-likeness (QED) is 0.883. The highest BCUT2D eigenvalue weighted by Crippen LogP contribution is 2.22. The summed E-state index contributed by atoms with van der Waals surface area (Å²) in [6.45, 7) is 2.56. The van der Waals surface area contributed by atoms with Crippen molar-refractivity contribution >= 4 is 0 Å². The van der Waals surface area contributed by atoms with Crippen molar-refractivity contribution in [2.75, 3.05) is 0 Å². The molecule has 3 nitrogen and oxygen atoms in total. The lowest BCUT2D eigenvalue weighted by atomic mass is 10.1. The number of aromatic hydroxyl groups is 1. The summed E-state index contributed by atoms with van der Waals surface area (Å²) in [5, 5.41) is 13.3. The average Bonchev–Trinajstić information content (AvgIpc) is 2.82. The number of fused-ring (bicyclic) bond motifs is 1. The molecule has 0 spiro atoms. The van der Waals surface area contributed by atoms with Gasteiger partial charge >= 0.3 is 0 Å². The third-order valence-electron chi connectivity index (χ3n) is 3.70. The smallest absolute Gasteiger partial charge is 0.138 e. The molecule has 3 heteroatoms. The zero-order valence-electron chi connectivity index (χ0n) is 11.1. The summed E-state index contributed by atoms with van der Waals surface area (Å²) in [6, 6.07) is 12.6. The number of rotatable bonds is 3. The Hall–Kier alpha value is -1.87. The van der Waals surface area contributed by atoms with Crippen LogP contribution in [0.4, 0.5) is 0 Å². The number of benzene rings is 1. The first-order chi connectivity index (χ1) is 9.22. The van der Waals surface area contributed by atoms with Gasteiger partial charge in [0.05, 0.1) is 5.69 Å². The van der Waals surface area contributed by atoms with Gasteiger partial charge in [-0.15, -0.1) is 0 Å². The van der Waals surface area contributed by atoms with Crippen LogP contribution >= 0.6 is 0 Å². The SMILES string of the molecule is Cc1ccc(O)c(CNC2Cc3ccccc3C2)n1. The van der Waals surface area contributed by atoms with Gasteiger partial charge in [-0.2, -0.15) is 0 Å². The van der Waals surface area contributed by atoms with Crippen LogP contribution in [0.1, 0.15) is 22.5 Å². The number of nitrogens with zero attached hydrogens (tertiary/aromatic N) is 1. The molecule has 1 aliphatic carbocycles. The summed E-state index contributed by atoms with van der Waals surface area (Å²) in [5.41, 5.74) is 4.53. The second kappa shape index (κ2) is 5.02. The number of hydrogen-bond donors (Lipinski definition) is 2. The van der Waals surface area contributed by atoms with E-state index in [2.05, 4.69) is 34.6 Å². The minimum atomic E-state index is 0.272. The van der Waals surface area contributed by atoms with E-state index in [1.807, 2.05) is 13.0 Å². The predicted octanol–water partition coefficient (Wildman–Crippen LogP) is 2.35. The van der Waals surface area contributed by atoms with Crippen molar-refractivity contribution in [3.8, 4) is 5.75 Å². The Morgan fingerprint density at radius 2 is 1.84 bits per heavy atom. The topological polar surface area (TPSA) is 45.1 Å². The van der Waals surface area contributed by atoms with Crippen LogP contribution in [0.3, 0.4) is 0 Å². The van der Waals surface area contributed by atoms with Crippen molar-refractivity contribution in [1.29, 1.82) is 0 Å². The maximum Gasteiger partial charge on any atom is 0.138 e. The number of aromatic nitrogens is 1. The fourth-order valence-corrected chi connectivity index (χ4v) is 2.68. The van der Waals surface area contributed by atoms with E-state index in [-0.39, 0.29) is 5.75 Å².